The molecule has 0 unspecified atom stereocenters. The molecule has 0 atom stereocenters. The molecule has 2 rings (SSSR count). The van der Waals surface area contributed by atoms with E-state index in [1.807, 2.05) is 18.2 Å². The van der Waals surface area contributed by atoms with Gasteiger partial charge < -0.3 is 4.90 Å². The molecule has 1 saturated heterocycles. The number of hydrogen-bond donors (Lipinski definition) is 0. The van der Waals surface area contributed by atoms with Crippen molar-refractivity contribution < 1.29 is 9.18 Å². The van der Waals surface area contributed by atoms with Gasteiger partial charge in [-0.2, -0.15) is 0 Å². The summed E-state index contributed by atoms with van der Waals surface area (Å²) in [6.45, 7) is 0.745. The first-order valence-corrected chi connectivity index (χ1v) is 5.65. The molecule has 0 aliphatic carbocycles. The van der Waals surface area contributed by atoms with E-state index >= 15 is 0 Å². The van der Waals surface area contributed by atoms with Gasteiger partial charge in [-0.25, -0.2) is 0 Å². The van der Waals surface area contributed by atoms with E-state index in [1.54, 1.807) is 11.0 Å². The number of carbonyl (C=O) groups excluding carboxylic acids is 1. The van der Waals surface area contributed by atoms with Crippen molar-refractivity contribution in [3.8, 4) is 0 Å². The summed E-state index contributed by atoms with van der Waals surface area (Å²) in [5.74, 6) is 0.0630. The normalized spacial score (nSPS) is 16.0. The van der Waals surface area contributed by atoms with Gasteiger partial charge in [0.25, 0.3) is 0 Å². The van der Waals surface area contributed by atoms with E-state index in [2.05, 4.69) is 0 Å². The number of hydrogen-bond acceptors (Lipinski definition) is 1. The number of likely N-dealkylation sites (tertiary alicyclic amines) is 1. The number of carbonyl (C=O) groups is 1. The summed E-state index contributed by atoms with van der Waals surface area (Å²) in [6.07, 6.45) is 0.304. The number of halogens is 2. The first-order valence-electron chi connectivity index (χ1n) is 5.28. The van der Waals surface area contributed by atoms with Crippen LogP contribution in [0.4, 0.5) is 4.39 Å². The summed E-state index contributed by atoms with van der Waals surface area (Å²) in [5.41, 5.74) is 0.831. The Morgan fingerprint density at radius 1 is 1.44 bits per heavy atom. The molecular formula is C12H13ClFNO. The third-order valence-corrected chi connectivity index (χ3v) is 3.20. The SMILES string of the molecule is O=C(Cc1ccccc1Cl)N1CC(CF)C1. The van der Waals surface area contributed by atoms with Crippen molar-refractivity contribution in [1.82, 2.24) is 4.90 Å². The van der Waals surface area contributed by atoms with E-state index in [-0.39, 0.29) is 18.5 Å². The maximum Gasteiger partial charge on any atom is 0.227 e. The minimum Gasteiger partial charge on any atom is -0.342 e. The smallest absolute Gasteiger partial charge is 0.227 e. The van der Waals surface area contributed by atoms with Crippen LogP contribution in [0.15, 0.2) is 24.3 Å². The molecule has 0 saturated carbocycles. The van der Waals surface area contributed by atoms with Gasteiger partial charge in [-0.1, -0.05) is 29.8 Å². The fourth-order valence-electron chi connectivity index (χ4n) is 1.79. The van der Waals surface area contributed by atoms with Crippen molar-refractivity contribution in [1.29, 1.82) is 0 Å². The fraction of sp³-hybridized carbons (Fsp3) is 0.417. The van der Waals surface area contributed by atoms with Gasteiger partial charge in [-0.3, -0.25) is 9.18 Å². The van der Waals surface area contributed by atoms with Crippen LogP contribution in [0.2, 0.25) is 5.02 Å². The van der Waals surface area contributed by atoms with Gasteiger partial charge in [0, 0.05) is 24.0 Å². The van der Waals surface area contributed by atoms with Crippen LogP contribution in [-0.4, -0.2) is 30.6 Å². The summed E-state index contributed by atoms with van der Waals surface area (Å²) < 4.78 is 12.2. The molecule has 0 spiro atoms. The van der Waals surface area contributed by atoms with Crippen LogP contribution in [-0.2, 0) is 11.2 Å². The number of alkyl halides is 1. The summed E-state index contributed by atoms with van der Waals surface area (Å²) in [4.78, 5) is 13.4. The number of nitrogens with zero attached hydrogens (tertiary/aromatic N) is 1. The molecule has 1 amide bonds. The zero-order valence-corrected chi connectivity index (χ0v) is 9.58. The van der Waals surface area contributed by atoms with Crippen molar-refractivity contribution in [3.63, 3.8) is 0 Å². The van der Waals surface area contributed by atoms with Crippen molar-refractivity contribution in [2.45, 2.75) is 6.42 Å². The molecule has 1 aliphatic rings. The Hall–Kier alpha value is -1.09. The number of amides is 1. The second-order valence-corrected chi connectivity index (χ2v) is 4.49. The van der Waals surface area contributed by atoms with E-state index in [0.29, 0.717) is 24.5 Å². The Bertz CT molecular complexity index is 390. The van der Waals surface area contributed by atoms with Gasteiger partial charge in [0.15, 0.2) is 0 Å². The largest absolute Gasteiger partial charge is 0.342 e. The molecule has 0 N–H and O–H groups in total. The number of benzene rings is 1. The van der Waals surface area contributed by atoms with Crippen molar-refractivity contribution >= 4 is 17.5 Å². The maximum absolute atomic E-state index is 12.2. The molecule has 2 nitrogen and oxygen atoms in total. The van der Waals surface area contributed by atoms with E-state index in [9.17, 15) is 9.18 Å². The third-order valence-electron chi connectivity index (χ3n) is 2.83. The van der Waals surface area contributed by atoms with E-state index < -0.39 is 0 Å². The van der Waals surface area contributed by atoms with Crippen molar-refractivity contribution in [2.75, 3.05) is 19.8 Å². The van der Waals surface area contributed by atoms with Crippen LogP contribution in [0.25, 0.3) is 0 Å². The Morgan fingerprint density at radius 3 is 2.75 bits per heavy atom. The minimum absolute atomic E-state index is 0.0257. The monoisotopic (exact) mass is 241 g/mol. The first-order chi connectivity index (χ1) is 7.70. The minimum atomic E-state index is -0.337. The summed E-state index contributed by atoms with van der Waals surface area (Å²) in [6, 6.07) is 7.30. The second-order valence-electron chi connectivity index (χ2n) is 4.09. The zero-order chi connectivity index (χ0) is 11.5. The molecule has 1 aliphatic heterocycles. The Labute approximate surface area is 99.0 Å². The topological polar surface area (TPSA) is 20.3 Å². The highest BCUT2D eigenvalue weighted by Gasteiger charge is 2.30. The molecule has 86 valence electrons. The molecule has 16 heavy (non-hydrogen) atoms. The maximum atomic E-state index is 12.2. The molecule has 4 heteroatoms. The highest BCUT2D eigenvalue weighted by molar-refractivity contribution is 6.31. The van der Waals surface area contributed by atoms with Crippen LogP contribution in [0.3, 0.4) is 0 Å². The Morgan fingerprint density at radius 2 is 2.12 bits per heavy atom. The molecule has 1 aromatic rings. The average Bonchev–Trinajstić information content (AvgIpc) is 2.20. The third kappa shape index (κ3) is 2.35. The van der Waals surface area contributed by atoms with Crippen LogP contribution in [0, 0.1) is 5.92 Å². The van der Waals surface area contributed by atoms with Crippen molar-refractivity contribution in [3.05, 3.63) is 34.9 Å². The summed E-state index contributed by atoms with van der Waals surface area (Å²) in [7, 11) is 0. The van der Waals surface area contributed by atoms with Gasteiger partial charge in [0.2, 0.25) is 5.91 Å². The highest BCUT2D eigenvalue weighted by atomic mass is 35.5. The highest BCUT2D eigenvalue weighted by Crippen LogP contribution is 2.20. The molecular weight excluding hydrogens is 229 g/mol. The predicted molar refractivity (Wildman–Crippen MR) is 61.2 cm³/mol. The Balaban J connectivity index is 1.91. The van der Waals surface area contributed by atoms with Gasteiger partial charge in [-0.15, -0.1) is 0 Å². The van der Waals surface area contributed by atoms with Crippen molar-refractivity contribution in [2.24, 2.45) is 5.92 Å². The average molecular weight is 242 g/mol. The van der Waals surface area contributed by atoms with E-state index in [1.165, 1.54) is 0 Å². The molecule has 1 fully saturated rings. The molecule has 0 radical (unpaired) electrons. The van der Waals surface area contributed by atoms with Crippen LogP contribution in [0.1, 0.15) is 5.56 Å². The molecule has 0 bridgehead atoms. The van der Waals surface area contributed by atoms with E-state index in [0.717, 1.165) is 5.56 Å². The van der Waals surface area contributed by atoms with E-state index in [4.69, 9.17) is 11.6 Å². The lowest BCUT2D eigenvalue weighted by Crippen LogP contribution is -2.51. The lowest BCUT2D eigenvalue weighted by Gasteiger charge is -2.37. The molecule has 1 heterocycles. The predicted octanol–water partition coefficient (Wildman–Crippen LogP) is 2.31. The Kier molecular flexibility index (Phi) is 3.44. The second kappa shape index (κ2) is 4.83. The van der Waals surface area contributed by atoms with Crippen LogP contribution < -0.4 is 0 Å². The zero-order valence-electron chi connectivity index (χ0n) is 8.83. The standard InChI is InChI=1S/C12H13ClFNO/c13-11-4-2-1-3-10(11)5-12(16)15-7-9(6-14)8-15/h1-4,9H,5-8H2. The number of rotatable bonds is 3. The van der Waals surface area contributed by atoms with Gasteiger partial charge in [0.1, 0.15) is 0 Å². The van der Waals surface area contributed by atoms with Crippen LogP contribution >= 0.6 is 11.6 Å². The fourth-order valence-corrected chi connectivity index (χ4v) is 1.99. The van der Waals surface area contributed by atoms with Gasteiger partial charge in [-0.05, 0) is 11.6 Å². The van der Waals surface area contributed by atoms with Gasteiger partial charge >= 0.3 is 0 Å². The molecule has 0 aromatic heterocycles. The lowest BCUT2D eigenvalue weighted by molar-refractivity contribution is -0.137. The van der Waals surface area contributed by atoms with Gasteiger partial charge in [0.05, 0.1) is 13.1 Å². The lowest BCUT2D eigenvalue weighted by atomic mass is 10.0. The quantitative estimate of drug-likeness (QED) is 0.795. The summed E-state index contributed by atoms with van der Waals surface area (Å²) in [5, 5.41) is 0.610. The first kappa shape index (κ1) is 11.4. The summed E-state index contributed by atoms with van der Waals surface area (Å²) >= 11 is 5.96. The molecule has 1 aromatic carbocycles. The van der Waals surface area contributed by atoms with Crippen LogP contribution in [0.5, 0.6) is 0 Å².